The Balaban J connectivity index is 1.40. The zero-order chi connectivity index (χ0) is 32.5. The van der Waals surface area contributed by atoms with Crippen LogP contribution in [0.25, 0.3) is 10.8 Å². The predicted molar refractivity (Wildman–Crippen MR) is 176 cm³/mol. The Kier molecular flexibility index (Phi) is 9.52. The summed E-state index contributed by atoms with van der Waals surface area (Å²) in [5, 5.41) is 8.67. The van der Waals surface area contributed by atoms with Gasteiger partial charge in [0, 0.05) is 37.0 Å². The Labute approximate surface area is 269 Å². The molecule has 10 nitrogen and oxygen atoms in total. The monoisotopic (exact) mass is 658 g/mol. The number of benzene rings is 1. The van der Waals surface area contributed by atoms with Gasteiger partial charge in [-0.2, -0.15) is 10.1 Å². The zero-order valence-electron chi connectivity index (χ0n) is 26.7. The van der Waals surface area contributed by atoms with Crippen molar-refractivity contribution in [3.63, 3.8) is 0 Å². The molecule has 1 aromatic carbocycles. The molecule has 0 saturated carbocycles. The van der Waals surface area contributed by atoms with Gasteiger partial charge >= 0.3 is 0 Å². The van der Waals surface area contributed by atoms with E-state index in [1.165, 1.54) is 10.7 Å². The number of piperidine rings is 1. The summed E-state index contributed by atoms with van der Waals surface area (Å²) >= 11 is 0. The maximum absolute atomic E-state index is 15.9. The number of fused-ring (bicyclic) bond motifs is 10. The number of pyridine rings is 1. The molecule has 8 bridgehead atoms. The first-order valence-corrected chi connectivity index (χ1v) is 18.3. The maximum Gasteiger partial charge on any atom is 0.280 e. The average molecular weight is 659 g/mol. The maximum atomic E-state index is 15.9. The van der Waals surface area contributed by atoms with E-state index in [0.717, 1.165) is 38.6 Å². The highest BCUT2D eigenvalue weighted by Crippen LogP contribution is 2.42. The van der Waals surface area contributed by atoms with Crippen LogP contribution in [-0.2, 0) is 22.8 Å². The van der Waals surface area contributed by atoms with E-state index in [1.54, 1.807) is 25.2 Å². The number of sulfone groups is 1. The molecule has 0 amide bonds. The molecule has 1 atom stereocenters. The van der Waals surface area contributed by atoms with E-state index in [4.69, 9.17) is 9.72 Å². The van der Waals surface area contributed by atoms with Crippen LogP contribution < -0.4 is 20.5 Å². The van der Waals surface area contributed by atoms with Crippen molar-refractivity contribution in [1.29, 1.82) is 0 Å². The van der Waals surface area contributed by atoms with E-state index in [1.807, 2.05) is 17.9 Å². The third-order valence-corrected chi connectivity index (χ3v) is 11.3. The van der Waals surface area contributed by atoms with Crippen LogP contribution in [0.1, 0.15) is 69.0 Å². The molecule has 0 spiro atoms. The summed E-state index contributed by atoms with van der Waals surface area (Å²) in [5.74, 6) is -2.55. The summed E-state index contributed by atoms with van der Waals surface area (Å²) in [5.41, 5.74) is 0.317. The molecule has 0 radical (unpaired) electrons. The number of halogens is 2. The van der Waals surface area contributed by atoms with Crippen molar-refractivity contribution in [2.45, 2.75) is 63.8 Å². The van der Waals surface area contributed by atoms with Gasteiger partial charge < -0.3 is 19.9 Å². The first-order valence-electron chi connectivity index (χ1n) is 16.5. The molecule has 250 valence electrons. The second kappa shape index (κ2) is 13.4. The number of hydrogen-bond acceptors (Lipinski definition) is 9. The van der Waals surface area contributed by atoms with Gasteiger partial charge in [0.1, 0.15) is 11.2 Å². The minimum absolute atomic E-state index is 0.0133. The molecule has 13 heteroatoms. The summed E-state index contributed by atoms with van der Waals surface area (Å²) in [6, 6.07) is 7.91. The molecule has 7 rings (SSSR count). The van der Waals surface area contributed by atoms with Gasteiger partial charge in [0.25, 0.3) is 11.5 Å². The summed E-state index contributed by atoms with van der Waals surface area (Å²) < 4.78 is 63.5. The number of rotatable bonds is 1. The molecule has 0 aliphatic carbocycles. The Hall–Kier alpha value is -3.32. The summed E-state index contributed by atoms with van der Waals surface area (Å²) in [4.78, 5) is 22.4. The number of nitrogens with one attached hydrogen (secondary N) is 1. The fourth-order valence-corrected chi connectivity index (χ4v) is 8.02. The van der Waals surface area contributed by atoms with Gasteiger partial charge in [-0.05, 0) is 69.9 Å². The number of ether oxygens (including phenoxy) is 1. The van der Waals surface area contributed by atoms with Crippen molar-refractivity contribution in [3.8, 4) is 5.88 Å². The summed E-state index contributed by atoms with van der Waals surface area (Å²) in [7, 11) is -1.57. The Morgan fingerprint density at radius 3 is 2.46 bits per heavy atom. The van der Waals surface area contributed by atoms with Crippen LogP contribution in [0.15, 0.2) is 35.1 Å². The Morgan fingerprint density at radius 2 is 1.70 bits per heavy atom. The molecular weight excluding hydrogens is 614 g/mol. The smallest absolute Gasteiger partial charge is 0.280 e. The second-order valence-electron chi connectivity index (χ2n) is 13.0. The third-order valence-electron chi connectivity index (χ3n) is 9.74. The van der Waals surface area contributed by atoms with Gasteiger partial charge in [-0.25, -0.2) is 21.9 Å². The van der Waals surface area contributed by atoms with Crippen LogP contribution >= 0.6 is 0 Å². The lowest BCUT2D eigenvalue weighted by Crippen LogP contribution is -2.40. The Morgan fingerprint density at radius 1 is 0.978 bits per heavy atom. The van der Waals surface area contributed by atoms with Crippen molar-refractivity contribution in [2.24, 2.45) is 13.0 Å². The number of hydrogen-bond donors (Lipinski definition) is 1. The molecule has 46 heavy (non-hydrogen) atoms. The third kappa shape index (κ3) is 7.00. The summed E-state index contributed by atoms with van der Waals surface area (Å²) in [6.45, 7) is 5.13. The topological polar surface area (TPSA) is 110 Å². The molecule has 2 saturated heterocycles. The number of aromatic nitrogens is 3. The van der Waals surface area contributed by atoms with Gasteiger partial charge in [0.2, 0.25) is 5.88 Å². The van der Waals surface area contributed by atoms with Crippen LogP contribution in [0.4, 0.5) is 20.4 Å². The normalized spacial score (nSPS) is 25.7. The average Bonchev–Trinajstić information content (AvgIpc) is 3.04. The SMILES string of the molecule is C[C@H]1Nc2nn(C)c(=O)c3c(nc(N4CCS(=O)(=O)CC4)cc23)OCCCCCCCN2CCC(CC2)C(F)(F)c2cccc1c2. The summed E-state index contributed by atoms with van der Waals surface area (Å²) in [6.07, 6.45) is 5.80. The highest BCUT2D eigenvalue weighted by Gasteiger charge is 2.42. The van der Waals surface area contributed by atoms with Crippen LogP contribution in [0.5, 0.6) is 5.88 Å². The number of anilines is 2. The van der Waals surface area contributed by atoms with Gasteiger partial charge in [-0.3, -0.25) is 4.79 Å². The van der Waals surface area contributed by atoms with Crippen molar-refractivity contribution in [2.75, 3.05) is 61.1 Å². The van der Waals surface area contributed by atoms with Crippen molar-refractivity contribution in [1.82, 2.24) is 19.7 Å². The van der Waals surface area contributed by atoms with Gasteiger partial charge in [0.05, 0.1) is 24.2 Å². The molecular formula is C33H44F2N6O4S. The van der Waals surface area contributed by atoms with Crippen molar-refractivity contribution >= 4 is 32.2 Å². The minimum Gasteiger partial charge on any atom is -0.477 e. The lowest BCUT2D eigenvalue weighted by atomic mass is 9.85. The van der Waals surface area contributed by atoms with E-state index >= 15 is 8.78 Å². The van der Waals surface area contributed by atoms with E-state index in [-0.39, 0.29) is 47.0 Å². The Bertz CT molecular complexity index is 1710. The first-order chi connectivity index (χ1) is 22.0. The molecule has 6 heterocycles. The second-order valence-corrected chi connectivity index (χ2v) is 15.3. The quantitative estimate of drug-likeness (QED) is 0.391. The molecule has 3 aromatic rings. The predicted octanol–water partition coefficient (Wildman–Crippen LogP) is 4.88. The minimum atomic E-state index is -3.12. The first kappa shape index (κ1) is 32.6. The van der Waals surface area contributed by atoms with Gasteiger partial charge in [-0.1, -0.05) is 37.5 Å². The van der Waals surface area contributed by atoms with Crippen LogP contribution in [0, 0.1) is 5.92 Å². The molecule has 0 unspecified atom stereocenters. The molecule has 4 aliphatic heterocycles. The van der Waals surface area contributed by atoms with Crippen LogP contribution in [-0.4, -0.2) is 78.9 Å². The van der Waals surface area contributed by atoms with E-state index < -0.39 is 27.7 Å². The highest BCUT2D eigenvalue weighted by atomic mass is 32.2. The largest absolute Gasteiger partial charge is 0.477 e. The number of aryl methyl sites for hydroxylation is 1. The van der Waals surface area contributed by atoms with Crippen LogP contribution in [0.3, 0.4) is 0 Å². The molecule has 2 fully saturated rings. The zero-order valence-corrected chi connectivity index (χ0v) is 27.5. The number of alkyl halides is 2. The molecule has 2 aromatic heterocycles. The van der Waals surface area contributed by atoms with E-state index in [0.29, 0.717) is 55.1 Å². The van der Waals surface area contributed by atoms with E-state index in [2.05, 4.69) is 15.3 Å². The van der Waals surface area contributed by atoms with Crippen molar-refractivity contribution < 1.29 is 21.9 Å². The lowest BCUT2D eigenvalue weighted by Gasteiger charge is -2.36. The van der Waals surface area contributed by atoms with Crippen molar-refractivity contribution in [3.05, 3.63) is 51.8 Å². The fourth-order valence-electron chi connectivity index (χ4n) is 6.82. The molecule has 1 N–H and O–H groups in total. The molecule has 4 aliphatic rings. The number of nitrogens with zero attached hydrogens (tertiary/aromatic N) is 5. The lowest BCUT2D eigenvalue weighted by molar-refractivity contribution is -0.0855. The fraction of sp³-hybridized carbons (Fsp3) is 0.606. The van der Waals surface area contributed by atoms with E-state index in [9.17, 15) is 13.2 Å². The standard InChI is InChI=1S/C33H44F2N6O4S/c1-23-24-9-8-10-26(21-24)33(34,35)25-11-14-40(15-12-25)13-6-4-3-5-7-18-45-31-29-27(30(36-23)38-39(2)32(29)42)22-28(37-31)41-16-19-46(43,44)20-17-41/h8-10,21-23,25H,3-7,11-20H2,1-2H3,(H,36,38)/t23-/m1/s1. The van der Waals surface area contributed by atoms with Gasteiger partial charge in [0.15, 0.2) is 15.7 Å². The van der Waals surface area contributed by atoms with Gasteiger partial charge in [-0.15, -0.1) is 0 Å². The van der Waals surface area contributed by atoms with Crippen LogP contribution in [0.2, 0.25) is 0 Å². The highest BCUT2D eigenvalue weighted by molar-refractivity contribution is 7.91.